The molecule has 1 saturated heterocycles. The molecule has 1 aromatic heterocycles. The van der Waals surface area contributed by atoms with Gasteiger partial charge in [-0.1, -0.05) is 17.7 Å². The van der Waals surface area contributed by atoms with E-state index in [0.29, 0.717) is 23.9 Å². The molecule has 0 spiro atoms. The van der Waals surface area contributed by atoms with Gasteiger partial charge in [0.1, 0.15) is 17.3 Å². The number of carbonyl (C=O) groups excluding carboxylic acids is 1. The van der Waals surface area contributed by atoms with Crippen molar-refractivity contribution in [2.45, 2.75) is 39.7 Å². The molecule has 0 aliphatic carbocycles. The van der Waals surface area contributed by atoms with Crippen LogP contribution in [-0.4, -0.2) is 35.1 Å². The van der Waals surface area contributed by atoms with Gasteiger partial charge in [-0.3, -0.25) is 4.79 Å². The van der Waals surface area contributed by atoms with E-state index >= 15 is 0 Å². The fraction of sp³-hybridized carbons (Fsp3) is 0.421. The summed E-state index contributed by atoms with van der Waals surface area (Å²) in [6.07, 6.45) is 2.15. The number of amides is 1. The molecule has 2 heterocycles. The van der Waals surface area contributed by atoms with Crippen molar-refractivity contribution in [1.29, 1.82) is 0 Å². The third kappa shape index (κ3) is 4.54. The maximum absolute atomic E-state index is 12.4. The van der Waals surface area contributed by atoms with E-state index < -0.39 is 0 Å². The third-order valence-electron chi connectivity index (χ3n) is 4.23. The molecule has 1 aromatic carbocycles. The van der Waals surface area contributed by atoms with E-state index in [1.54, 1.807) is 13.0 Å². The first-order valence-electron chi connectivity index (χ1n) is 8.61. The van der Waals surface area contributed by atoms with Crippen LogP contribution in [0.1, 0.15) is 40.3 Å². The predicted octanol–water partition coefficient (Wildman–Crippen LogP) is 3.05. The lowest BCUT2D eigenvalue weighted by atomic mass is 10.1. The van der Waals surface area contributed by atoms with Crippen molar-refractivity contribution in [3.63, 3.8) is 0 Å². The summed E-state index contributed by atoms with van der Waals surface area (Å²) in [5.41, 5.74) is 3.66. The van der Waals surface area contributed by atoms with Gasteiger partial charge >= 0.3 is 0 Å². The molecule has 6 nitrogen and oxygen atoms in total. The van der Waals surface area contributed by atoms with Gasteiger partial charge in [0.25, 0.3) is 5.91 Å². The number of aromatic nitrogens is 2. The number of anilines is 2. The SMILES string of the molecule is Cc1ccc(Nc2cc(C(=O)NCC3CCCO3)nc(C)n2)c(C)c1. The van der Waals surface area contributed by atoms with Crippen molar-refractivity contribution >= 4 is 17.4 Å². The van der Waals surface area contributed by atoms with Gasteiger partial charge in [0, 0.05) is 24.9 Å². The van der Waals surface area contributed by atoms with Gasteiger partial charge in [-0.05, 0) is 45.2 Å². The zero-order chi connectivity index (χ0) is 17.8. The molecule has 0 bridgehead atoms. The normalized spacial score (nSPS) is 16.7. The first kappa shape index (κ1) is 17.4. The highest BCUT2D eigenvalue weighted by molar-refractivity contribution is 5.93. The molecule has 3 rings (SSSR count). The lowest BCUT2D eigenvalue weighted by Crippen LogP contribution is -2.32. The first-order chi connectivity index (χ1) is 12.0. The maximum atomic E-state index is 12.4. The summed E-state index contributed by atoms with van der Waals surface area (Å²) < 4.78 is 5.53. The van der Waals surface area contributed by atoms with E-state index in [0.717, 1.165) is 30.7 Å². The first-order valence-corrected chi connectivity index (χ1v) is 8.61. The number of benzene rings is 1. The number of ether oxygens (including phenoxy) is 1. The highest BCUT2D eigenvalue weighted by Gasteiger charge is 2.18. The molecule has 25 heavy (non-hydrogen) atoms. The molecule has 0 radical (unpaired) electrons. The summed E-state index contributed by atoms with van der Waals surface area (Å²) in [5, 5.41) is 6.17. The van der Waals surface area contributed by atoms with Gasteiger partial charge in [-0.15, -0.1) is 0 Å². The van der Waals surface area contributed by atoms with E-state index in [9.17, 15) is 4.79 Å². The molecule has 1 aliphatic heterocycles. The van der Waals surface area contributed by atoms with Crippen LogP contribution in [0.4, 0.5) is 11.5 Å². The number of aryl methyl sites for hydroxylation is 3. The van der Waals surface area contributed by atoms with E-state index in [2.05, 4.69) is 33.6 Å². The molecule has 1 unspecified atom stereocenters. The van der Waals surface area contributed by atoms with Crippen LogP contribution in [0.5, 0.6) is 0 Å². The molecular formula is C19H24N4O2. The molecule has 1 atom stereocenters. The zero-order valence-corrected chi connectivity index (χ0v) is 14.9. The Kier molecular flexibility index (Phi) is 5.28. The van der Waals surface area contributed by atoms with Crippen molar-refractivity contribution in [1.82, 2.24) is 15.3 Å². The van der Waals surface area contributed by atoms with Crippen LogP contribution in [-0.2, 0) is 4.74 Å². The van der Waals surface area contributed by atoms with Gasteiger partial charge < -0.3 is 15.4 Å². The van der Waals surface area contributed by atoms with E-state index in [-0.39, 0.29) is 12.0 Å². The zero-order valence-electron chi connectivity index (χ0n) is 14.9. The summed E-state index contributed by atoms with van der Waals surface area (Å²) in [4.78, 5) is 21.0. The van der Waals surface area contributed by atoms with Gasteiger partial charge in [0.05, 0.1) is 6.10 Å². The van der Waals surface area contributed by atoms with Crippen LogP contribution in [0.3, 0.4) is 0 Å². The monoisotopic (exact) mass is 340 g/mol. The predicted molar refractivity (Wildman–Crippen MR) is 97.3 cm³/mol. The number of hydrogen-bond donors (Lipinski definition) is 2. The van der Waals surface area contributed by atoms with Crippen molar-refractivity contribution in [2.24, 2.45) is 0 Å². The molecule has 0 saturated carbocycles. The van der Waals surface area contributed by atoms with Crippen molar-refractivity contribution in [3.05, 3.63) is 46.9 Å². The van der Waals surface area contributed by atoms with Crippen LogP contribution >= 0.6 is 0 Å². The third-order valence-corrected chi connectivity index (χ3v) is 4.23. The minimum Gasteiger partial charge on any atom is -0.376 e. The Morgan fingerprint density at radius 2 is 2.08 bits per heavy atom. The van der Waals surface area contributed by atoms with Crippen LogP contribution in [0.15, 0.2) is 24.3 Å². The quantitative estimate of drug-likeness (QED) is 0.875. The fourth-order valence-electron chi connectivity index (χ4n) is 2.94. The minimum absolute atomic E-state index is 0.111. The number of hydrogen-bond acceptors (Lipinski definition) is 5. The molecule has 6 heteroatoms. The Labute approximate surface area is 148 Å². The van der Waals surface area contributed by atoms with Crippen molar-refractivity contribution < 1.29 is 9.53 Å². The smallest absolute Gasteiger partial charge is 0.270 e. The van der Waals surface area contributed by atoms with Gasteiger partial charge in [0.15, 0.2) is 0 Å². The van der Waals surface area contributed by atoms with E-state index in [4.69, 9.17) is 4.74 Å². The second-order valence-corrected chi connectivity index (χ2v) is 6.47. The second kappa shape index (κ2) is 7.61. The Hall–Kier alpha value is -2.47. The lowest BCUT2D eigenvalue weighted by Gasteiger charge is -2.13. The topological polar surface area (TPSA) is 76.1 Å². The lowest BCUT2D eigenvalue weighted by molar-refractivity contribution is 0.0853. The summed E-state index contributed by atoms with van der Waals surface area (Å²) in [6, 6.07) is 7.83. The minimum atomic E-state index is -0.204. The molecule has 1 amide bonds. The fourth-order valence-corrected chi connectivity index (χ4v) is 2.94. The largest absolute Gasteiger partial charge is 0.376 e. The maximum Gasteiger partial charge on any atom is 0.270 e. The Morgan fingerprint density at radius 3 is 2.80 bits per heavy atom. The van der Waals surface area contributed by atoms with Gasteiger partial charge in [0.2, 0.25) is 0 Å². The standard InChI is InChI=1S/C19H24N4O2/c1-12-6-7-16(13(2)9-12)23-18-10-17(21-14(3)22-18)19(24)20-11-15-5-4-8-25-15/h6-7,9-10,15H,4-5,8,11H2,1-3H3,(H,20,24)(H,21,22,23). The van der Waals surface area contributed by atoms with Crippen LogP contribution in [0, 0.1) is 20.8 Å². The van der Waals surface area contributed by atoms with Gasteiger partial charge in [-0.25, -0.2) is 9.97 Å². The molecule has 1 fully saturated rings. The molecular weight excluding hydrogens is 316 g/mol. The van der Waals surface area contributed by atoms with E-state index in [1.165, 1.54) is 5.56 Å². The molecule has 2 N–H and O–H groups in total. The van der Waals surface area contributed by atoms with Crippen LogP contribution in [0.2, 0.25) is 0 Å². The van der Waals surface area contributed by atoms with E-state index in [1.807, 2.05) is 19.1 Å². The molecule has 1 aliphatic rings. The second-order valence-electron chi connectivity index (χ2n) is 6.47. The number of rotatable bonds is 5. The van der Waals surface area contributed by atoms with Crippen molar-refractivity contribution in [2.75, 3.05) is 18.5 Å². The highest BCUT2D eigenvalue weighted by Crippen LogP contribution is 2.21. The summed E-state index contributed by atoms with van der Waals surface area (Å²) in [6.45, 7) is 7.17. The van der Waals surface area contributed by atoms with Gasteiger partial charge in [-0.2, -0.15) is 0 Å². The van der Waals surface area contributed by atoms with Crippen LogP contribution in [0.25, 0.3) is 0 Å². The highest BCUT2D eigenvalue weighted by atomic mass is 16.5. The Bertz CT molecular complexity index is 770. The number of nitrogens with one attached hydrogen (secondary N) is 2. The Morgan fingerprint density at radius 1 is 1.24 bits per heavy atom. The average molecular weight is 340 g/mol. The Balaban J connectivity index is 1.71. The summed E-state index contributed by atoms with van der Waals surface area (Å²) in [7, 11) is 0. The van der Waals surface area contributed by atoms with Crippen LogP contribution < -0.4 is 10.6 Å². The average Bonchev–Trinajstić information content (AvgIpc) is 3.08. The number of carbonyl (C=O) groups is 1. The summed E-state index contributed by atoms with van der Waals surface area (Å²) >= 11 is 0. The van der Waals surface area contributed by atoms with Crippen molar-refractivity contribution in [3.8, 4) is 0 Å². The number of nitrogens with zero attached hydrogens (tertiary/aromatic N) is 2. The molecule has 132 valence electrons. The molecule has 2 aromatic rings. The summed E-state index contributed by atoms with van der Waals surface area (Å²) in [5.74, 6) is 0.962.